The van der Waals surface area contributed by atoms with Crippen LogP contribution in [-0.4, -0.2) is 11.5 Å². The maximum Gasteiger partial charge on any atom is 0.0908 e. The summed E-state index contributed by atoms with van der Waals surface area (Å²) >= 11 is 0. The van der Waals surface area contributed by atoms with E-state index in [1.54, 1.807) is 0 Å². The van der Waals surface area contributed by atoms with Crippen LogP contribution in [-0.2, 0) is 0 Å². The molecule has 2 rings (SSSR count). The molecule has 0 bridgehead atoms. The zero-order valence-corrected chi connectivity index (χ0v) is 7.16. The second kappa shape index (κ2) is 3.23. The Bertz CT molecular complexity index is 245. The Kier molecular flexibility index (Phi) is 2.09. The molecular formula is C10H14N2. The van der Waals surface area contributed by atoms with Gasteiger partial charge in [-0.3, -0.25) is 4.98 Å². The molecule has 1 aliphatic rings. The third-order valence-electron chi connectivity index (χ3n) is 2.57. The first kappa shape index (κ1) is 7.74. The molecule has 0 radical (unpaired) electrons. The first-order valence-corrected chi connectivity index (χ1v) is 4.45. The van der Waals surface area contributed by atoms with Gasteiger partial charge in [0.2, 0.25) is 0 Å². The number of rotatable bonds is 1. The van der Waals surface area contributed by atoms with Crippen LogP contribution in [0.25, 0.3) is 0 Å². The monoisotopic (exact) mass is 162 g/mol. The summed E-state index contributed by atoms with van der Waals surface area (Å²) in [6.07, 6.45) is 6.32. The molecule has 2 heterocycles. The number of nitrogens with one attached hydrogen (secondary N) is 1. The fourth-order valence-corrected chi connectivity index (χ4v) is 1.90. The molecular weight excluding hydrogens is 148 g/mol. The van der Waals surface area contributed by atoms with Crippen molar-refractivity contribution in [2.75, 3.05) is 6.54 Å². The predicted octanol–water partition coefficient (Wildman–Crippen LogP) is 0.593. The summed E-state index contributed by atoms with van der Waals surface area (Å²) in [5, 5.41) is 0. The lowest BCUT2D eigenvalue weighted by molar-refractivity contribution is -0.873. The zero-order chi connectivity index (χ0) is 8.39. The minimum absolute atomic E-state index is 0.582. The van der Waals surface area contributed by atoms with Gasteiger partial charge >= 0.3 is 0 Å². The number of hydrogen-bond donors (Lipinski definition) is 1. The average molecular weight is 162 g/mol. The van der Waals surface area contributed by atoms with E-state index < -0.39 is 0 Å². The van der Waals surface area contributed by atoms with Crippen molar-refractivity contribution in [3.63, 3.8) is 0 Å². The largest absolute Gasteiger partial charge is 0.462 e. The van der Waals surface area contributed by atoms with Gasteiger partial charge in [0.05, 0.1) is 12.6 Å². The highest BCUT2D eigenvalue weighted by atomic mass is 15.1. The van der Waals surface area contributed by atoms with Crippen molar-refractivity contribution in [2.24, 2.45) is 0 Å². The number of hydrogen-bond acceptors (Lipinski definition) is 1. The van der Waals surface area contributed by atoms with Crippen LogP contribution in [0.5, 0.6) is 0 Å². The van der Waals surface area contributed by atoms with Crippen molar-refractivity contribution in [3.8, 4) is 0 Å². The Morgan fingerprint density at radius 3 is 3.08 bits per heavy atom. The van der Waals surface area contributed by atoms with E-state index in [0.717, 1.165) is 0 Å². The second-order valence-corrected chi connectivity index (χ2v) is 3.39. The average Bonchev–Trinajstić information content (AvgIpc) is 2.53. The zero-order valence-electron chi connectivity index (χ0n) is 7.16. The summed E-state index contributed by atoms with van der Waals surface area (Å²) in [6, 6.07) is 4.73. The SMILES string of the molecule is [CH2-][NH+]1CCCC1c1cccnc1. The molecule has 0 amide bonds. The molecule has 2 nitrogen and oxygen atoms in total. The van der Waals surface area contributed by atoms with Crippen LogP contribution in [0.4, 0.5) is 0 Å². The highest BCUT2D eigenvalue weighted by Crippen LogP contribution is 2.17. The molecule has 1 fully saturated rings. The lowest BCUT2D eigenvalue weighted by Crippen LogP contribution is -3.04. The van der Waals surface area contributed by atoms with E-state index in [4.69, 9.17) is 0 Å². The first-order chi connectivity index (χ1) is 5.88. The molecule has 0 aromatic carbocycles. The fraction of sp³-hybridized carbons (Fsp3) is 0.400. The van der Waals surface area contributed by atoms with Gasteiger partial charge in [0.15, 0.2) is 0 Å². The number of aromatic nitrogens is 1. The van der Waals surface area contributed by atoms with Crippen LogP contribution < -0.4 is 4.90 Å². The molecule has 1 aliphatic heterocycles. The van der Waals surface area contributed by atoms with Gasteiger partial charge < -0.3 is 4.90 Å². The summed E-state index contributed by atoms with van der Waals surface area (Å²) in [7, 11) is 4.08. The molecule has 1 aromatic rings. The van der Waals surface area contributed by atoms with Crippen molar-refractivity contribution >= 4 is 0 Å². The van der Waals surface area contributed by atoms with Crippen LogP contribution in [0.15, 0.2) is 24.5 Å². The minimum atomic E-state index is 0.582. The topological polar surface area (TPSA) is 17.3 Å². The van der Waals surface area contributed by atoms with E-state index >= 15 is 0 Å². The summed E-state index contributed by atoms with van der Waals surface area (Å²) < 4.78 is 0. The Morgan fingerprint density at radius 1 is 1.58 bits per heavy atom. The number of nitrogens with zero attached hydrogens (tertiary/aromatic N) is 1. The molecule has 0 aliphatic carbocycles. The molecule has 1 aromatic heterocycles. The van der Waals surface area contributed by atoms with E-state index in [0.29, 0.717) is 6.04 Å². The predicted molar refractivity (Wildman–Crippen MR) is 47.4 cm³/mol. The molecule has 0 saturated carbocycles. The Morgan fingerprint density at radius 2 is 2.50 bits per heavy atom. The lowest BCUT2D eigenvalue weighted by Gasteiger charge is -2.22. The van der Waals surface area contributed by atoms with E-state index in [-0.39, 0.29) is 0 Å². The van der Waals surface area contributed by atoms with Gasteiger partial charge in [0, 0.05) is 30.8 Å². The van der Waals surface area contributed by atoms with Crippen LogP contribution in [0.3, 0.4) is 0 Å². The molecule has 1 N–H and O–H groups in total. The molecule has 2 unspecified atom stereocenters. The highest BCUT2D eigenvalue weighted by Gasteiger charge is 2.22. The third kappa shape index (κ3) is 1.34. The van der Waals surface area contributed by atoms with Gasteiger partial charge in [-0.1, -0.05) is 6.07 Å². The lowest BCUT2D eigenvalue weighted by atomic mass is 10.1. The van der Waals surface area contributed by atoms with Crippen LogP contribution in [0, 0.1) is 7.05 Å². The van der Waals surface area contributed by atoms with Gasteiger partial charge in [0.1, 0.15) is 0 Å². The summed E-state index contributed by atoms with van der Waals surface area (Å²) in [5.41, 5.74) is 1.33. The molecule has 0 spiro atoms. The Labute approximate surface area is 73.2 Å². The summed E-state index contributed by atoms with van der Waals surface area (Å²) in [5.74, 6) is 0. The summed E-state index contributed by atoms with van der Waals surface area (Å²) in [4.78, 5) is 5.50. The molecule has 1 saturated heterocycles. The van der Waals surface area contributed by atoms with Crippen molar-refractivity contribution in [1.29, 1.82) is 0 Å². The molecule has 2 heteroatoms. The Balaban J connectivity index is 2.19. The van der Waals surface area contributed by atoms with Crippen LogP contribution in [0.1, 0.15) is 24.4 Å². The molecule has 64 valence electrons. The third-order valence-corrected chi connectivity index (χ3v) is 2.57. The minimum Gasteiger partial charge on any atom is -0.462 e. The number of pyridine rings is 1. The fourth-order valence-electron chi connectivity index (χ4n) is 1.90. The van der Waals surface area contributed by atoms with E-state index in [2.05, 4.69) is 18.1 Å². The van der Waals surface area contributed by atoms with Crippen molar-refractivity contribution in [1.82, 2.24) is 4.98 Å². The number of likely N-dealkylation sites (tertiary alicyclic amines) is 1. The van der Waals surface area contributed by atoms with E-state index in [9.17, 15) is 0 Å². The second-order valence-electron chi connectivity index (χ2n) is 3.39. The number of quaternary nitrogens is 1. The summed E-state index contributed by atoms with van der Waals surface area (Å²) in [6.45, 7) is 1.19. The maximum absolute atomic E-state index is 4.12. The van der Waals surface area contributed by atoms with E-state index in [1.165, 1.54) is 29.8 Å². The molecule has 12 heavy (non-hydrogen) atoms. The Hall–Kier alpha value is -0.890. The first-order valence-electron chi connectivity index (χ1n) is 4.45. The van der Waals surface area contributed by atoms with Gasteiger partial charge in [-0.2, -0.15) is 7.05 Å². The van der Waals surface area contributed by atoms with Crippen LogP contribution in [0.2, 0.25) is 0 Å². The van der Waals surface area contributed by atoms with Gasteiger partial charge in [-0.05, 0) is 6.07 Å². The van der Waals surface area contributed by atoms with Crippen molar-refractivity contribution in [3.05, 3.63) is 37.1 Å². The standard InChI is InChI=1S/C10H14N2/c1-12-7-3-5-10(12)9-4-2-6-11-8-9/h2,4,6,8,10,12H,1,3,5,7H2. The molecule has 2 atom stereocenters. The van der Waals surface area contributed by atoms with Crippen molar-refractivity contribution < 1.29 is 4.90 Å². The smallest absolute Gasteiger partial charge is 0.0908 e. The highest BCUT2D eigenvalue weighted by molar-refractivity contribution is 5.12. The maximum atomic E-state index is 4.12. The quantitative estimate of drug-likeness (QED) is 0.598. The van der Waals surface area contributed by atoms with Gasteiger partial charge in [-0.15, -0.1) is 0 Å². The van der Waals surface area contributed by atoms with E-state index in [1.807, 2.05) is 18.5 Å². The normalized spacial score (nSPS) is 29.1. The van der Waals surface area contributed by atoms with Crippen molar-refractivity contribution in [2.45, 2.75) is 18.9 Å². The van der Waals surface area contributed by atoms with Gasteiger partial charge in [0.25, 0.3) is 0 Å². The van der Waals surface area contributed by atoms with Gasteiger partial charge in [-0.25, -0.2) is 0 Å². The van der Waals surface area contributed by atoms with Crippen LogP contribution >= 0.6 is 0 Å².